The monoisotopic (exact) mass is 412 g/mol. The molecule has 0 aliphatic heterocycles. The smallest absolute Gasteiger partial charge is 0.323 e. The van der Waals surface area contributed by atoms with Gasteiger partial charge in [0.25, 0.3) is 5.91 Å². The maximum absolute atomic E-state index is 13.6. The number of benzene rings is 1. The van der Waals surface area contributed by atoms with Crippen LogP contribution in [-0.2, 0) is 0 Å². The highest BCUT2D eigenvalue weighted by atomic mass is 35.5. The first-order valence-corrected chi connectivity index (χ1v) is 9.81. The van der Waals surface area contributed by atoms with Crippen LogP contribution in [0, 0.1) is 5.82 Å². The molecule has 0 bridgehead atoms. The Morgan fingerprint density at radius 2 is 1.81 bits per heavy atom. The van der Waals surface area contributed by atoms with Gasteiger partial charge in [-0.3, -0.25) is 4.79 Å². The molecule has 6 nitrogen and oxygen atoms in total. The number of hydrogen-bond donors (Lipinski definition) is 3. The van der Waals surface area contributed by atoms with Crippen LogP contribution < -0.4 is 16.0 Å². The second-order valence-electron chi connectivity index (χ2n) is 5.68. The largest absolute Gasteiger partial charge is 0.351 e. The highest BCUT2D eigenvalue weighted by Gasteiger charge is 2.13. The van der Waals surface area contributed by atoms with E-state index in [0.29, 0.717) is 17.8 Å². The molecule has 0 fully saturated rings. The fourth-order valence-corrected chi connectivity index (χ4v) is 3.20. The summed E-state index contributed by atoms with van der Waals surface area (Å²) in [6.45, 7) is 7.40. The lowest BCUT2D eigenvalue weighted by Crippen LogP contribution is -2.34. The molecule has 0 spiro atoms. The van der Waals surface area contributed by atoms with Crippen molar-refractivity contribution in [3.05, 3.63) is 45.4 Å². The van der Waals surface area contributed by atoms with E-state index in [2.05, 4.69) is 34.7 Å². The van der Waals surface area contributed by atoms with Gasteiger partial charge in [0.2, 0.25) is 0 Å². The molecule has 1 aromatic carbocycles. The highest BCUT2D eigenvalue weighted by molar-refractivity contribution is 7.14. The number of amides is 3. The molecule has 0 saturated carbocycles. The second kappa shape index (κ2) is 10.2. The van der Waals surface area contributed by atoms with Gasteiger partial charge in [-0.15, -0.1) is 11.3 Å². The molecule has 0 aliphatic carbocycles. The molecular formula is C18H22ClFN4O2S. The normalized spacial score (nSPS) is 10.7. The Hall–Kier alpha value is -2.16. The van der Waals surface area contributed by atoms with E-state index in [9.17, 15) is 14.0 Å². The molecule has 2 aromatic rings. The fourth-order valence-electron chi connectivity index (χ4n) is 2.36. The summed E-state index contributed by atoms with van der Waals surface area (Å²) in [6.07, 6.45) is 0. The quantitative estimate of drug-likeness (QED) is 0.606. The summed E-state index contributed by atoms with van der Waals surface area (Å²) in [7, 11) is 0. The molecule has 27 heavy (non-hydrogen) atoms. The minimum atomic E-state index is -0.659. The van der Waals surface area contributed by atoms with Crippen LogP contribution in [-0.4, -0.2) is 43.0 Å². The van der Waals surface area contributed by atoms with Crippen molar-refractivity contribution in [2.45, 2.75) is 13.8 Å². The first kappa shape index (κ1) is 21.1. The molecule has 3 N–H and O–H groups in total. The standard InChI is InChI=1S/C18H22ClFN4O2S/c1-3-24(4-2)10-9-21-17(25)12-5-7-13(8-6-12)22-18(26)23-14-11-27-16(19)15(14)20/h5-8,11H,3-4,9-10H2,1-2H3,(H,21,25)(H2,22,23,26). The van der Waals surface area contributed by atoms with E-state index in [0.717, 1.165) is 31.0 Å². The Labute approximate surface area is 166 Å². The SMILES string of the molecule is CCN(CC)CCNC(=O)c1ccc(NC(=O)Nc2csc(Cl)c2F)cc1. The van der Waals surface area contributed by atoms with Crippen molar-refractivity contribution in [3.8, 4) is 0 Å². The predicted octanol–water partition coefficient (Wildman–Crippen LogP) is 4.26. The van der Waals surface area contributed by atoms with Crippen LogP contribution >= 0.6 is 22.9 Å². The summed E-state index contributed by atoms with van der Waals surface area (Å²) in [5, 5.41) is 9.24. The van der Waals surface area contributed by atoms with Crippen LogP contribution in [0.4, 0.5) is 20.6 Å². The predicted molar refractivity (Wildman–Crippen MR) is 108 cm³/mol. The van der Waals surface area contributed by atoms with Crippen LogP contribution in [0.5, 0.6) is 0 Å². The molecule has 9 heteroatoms. The molecule has 0 saturated heterocycles. The van der Waals surface area contributed by atoms with Gasteiger partial charge in [0.15, 0.2) is 5.82 Å². The summed E-state index contributed by atoms with van der Waals surface area (Å²) in [4.78, 5) is 26.3. The lowest BCUT2D eigenvalue weighted by atomic mass is 10.2. The third-order valence-electron chi connectivity index (χ3n) is 3.95. The zero-order valence-corrected chi connectivity index (χ0v) is 16.7. The molecule has 146 valence electrons. The van der Waals surface area contributed by atoms with Crippen molar-refractivity contribution in [1.82, 2.24) is 10.2 Å². The van der Waals surface area contributed by atoms with Crippen molar-refractivity contribution in [2.24, 2.45) is 0 Å². The van der Waals surface area contributed by atoms with Gasteiger partial charge in [-0.2, -0.15) is 0 Å². The molecule has 1 aromatic heterocycles. The summed E-state index contributed by atoms with van der Waals surface area (Å²) < 4.78 is 13.6. The fraction of sp³-hybridized carbons (Fsp3) is 0.333. The zero-order chi connectivity index (χ0) is 19.8. The highest BCUT2D eigenvalue weighted by Crippen LogP contribution is 2.29. The number of halogens is 2. The minimum absolute atomic E-state index is 0.0124. The first-order valence-electron chi connectivity index (χ1n) is 8.55. The Balaban J connectivity index is 1.84. The van der Waals surface area contributed by atoms with Gasteiger partial charge in [0, 0.05) is 29.7 Å². The third-order valence-corrected chi connectivity index (χ3v) is 5.12. The van der Waals surface area contributed by atoms with Gasteiger partial charge in [-0.1, -0.05) is 25.4 Å². The van der Waals surface area contributed by atoms with E-state index in [1.807, 2.05) is 0 Å². The third kappa shape index (κ3) is 6.20. The lowest BCUT2D eigenvalue weighted by Gasteiger charge is -2.18. The van der Waals surface area contributed by atoms with E-state index in [4.69, 9.17) is 11.6 Å². The number of carbonyl (C=O) groups excluding carboxylic acids is 2. The van der Waals surface area contributed by atoms with Crippen molar-refractivity contribution in [3.63, 3.8) is 0 Å². The molecule has 0 unspecified atom stereocenters. The number of nitrogens with zero attached hydrogens (tertiary/aromatic N) is 1. The Bertz CT molecular complexity index is 778. The van der Waals surface area contributed by atoms with Gasteiger partial charge in [-0.25, -0.2) is 9.18 Å². The Morgan fingerprint density at radius 3 is 2.37 bits per heavy atom. The van der Waals surface area contributed by atoms with Gasteiger partial charge < -0.3 is 20.9 Å². The summed E-state index contributed by atoms with van der Waals surface area (Å²) in [6, 6.07) is 5.85. The van der Waals surface area contributed by atoms with Crippen LogP contribution in [0.1, 0.15) is 24.2 Å². The van der Waals surface area contributed by atoms with Gasteiger partial charge in [0.1, 0.15) is 4.34 Å². The maximum atomic E-state index is 13.6. The van der Waals surface area contributed by atoms with E-state index >= 15 is 0 Å². The molecule has 0 radical (unpaired) electrons. The number of anilines is 2. The molecule has 3 amide bonds. The number of hydrogen-bond acceptors (Lipinski definition) is 4. The molecule has 2 rings (SSSR count). The average molecular weight is 413 g/mol. The van der Waals surface area contributed by atoms with Crippen molar-refractivity contribution >= 4 is 46.3 Å². The van der Waals surface area contributed by atoms with E-state index in [1.54, 1.807) is 24.3 Å². The van der Waals surface area contributed by atoms with Gasteiger partial charge in [0.05, 0.1) is 5.69 Å². The number of urea groups is 1. The molecule has 1 heterocycles. The Morgan fingerprint density at radius 1 is 1.15 bits per heavy atom. The van der Waals surface area contributed by atoms with E-state index in [1.165, 1.54) is 5.38 Å². The molecule has 0 aliphatic rings. The first-order chi connectivity index (χ1) is 12.9. The summed E-state index contributed by atoms with van der Waals surface area (Å²) >= 11 is 6.62. The van der Waals surface area contributed by atoms with Gasteiger partial charge in [-0.05, 0) is 37.4 Å². The van der Waals surface area contributed by atoms with Crippen molar-refractivity contribution in [1.29, 1.82) is 0 Å². The van der Waals surface area contributed by atoms with Crippen LogP contribution in [0.15, 0.2) is 29.6 Å². The van der Waals surface area contributed by atoms with Crippen LogP contribution in [0.3, 0.4) is 0 Å². The zero-order valence-electron chi connectivity index (χ0n) is 15.1. The number of nitrogens with one attached hydrogen (secondary N) is 3. The topological polar surface area (TPSA) is 73.5 Å². The van der Waals surface area contributed by atoms with Crippen molar-refractivity contribution < 1.29 is 14.0 Å². The summed E-state index contributed by atoms with van der Waals surface area (Å²) in [5.41, 5.74) is 0.997. The Kier molecular flexibility index (Phi) is 8.02. The molecular weight excluding hydrogens is 391 g/mol. The number of carbonyl (C=O) groups is 2. The van der Waals surface area contributed by atoms with Gasteiger partial charge >= 0.3 is 6.03 Å². The number of likely N-dealkylation sites (N-methyl/N-ethyl adjacent to an activating group) is 1. The average Bonchev–Trinajstić information content (AvgIpc) is 2.97. The summed E-state index contributed by atoms with van der Waals surface area (Å²) in [5.74, 6) is -0.832. The van der Waals surface area contributed by atoms with Crippen LogP contribution in [0.25, 0.3) is 0 Å². The molecule has 0 atom stereocenters. The second-order valence-corrected chi connectivity index (χ2v) is 7.16. The number of thiophene rings is 1. The van der Waals surface area contributed by atoms with E-state index < -0.39 is 11.8 Å². The lowest BCUT2D eigenvalue weighted by molar-refractivity contribution is 0.0949. The van der Waals surface area contributed by atoms with Crippen LogP contribution in [0.2, 0.25) is 4.34 Å². The maximum Gasteiger partial charge on any atom is 0.323 e. The number of rotatable bonds is 8. The van der Waals surface area contributed by atoms with Crippen molar-refractivity contribution in [2.75, 3.05) is 36.8 Å². The minimum Gasteiger partial charge on any atom is -0.351 e. The van der Waals surface area contributed by atoms with E-state index in [-0.39, 0.29) is 15.9 Å².